The van der Waals surface area contributed by atoms with Crippen LogP contribution in [0.2, 0.25) is 0 Å². The molecule has 1 amide bonds. The summed E-state index contributed by atoms with van der Waals surface area (Å²) in [5.74, 6) is 0.759. The molecule has 2 aliphatic heterocycles. The number of carbonyl (C=O) groups excluding carboxylic acids is 1. The van der Waals surface area contributed by atoms with Crippen LogP contribution in [0.25, 0.3) is 0 Å². The third-order valence-corrected chi connectivity index (χ3v) is 3.16. The van der Waals surface area contributed by atoms with Gasteiger partial charge >= 0.3 is 0 Å². The summed E-state index contributed by atoms with van der Waals surface area (Å²) >= 11 is 0. The lowest BCUT2D eigenvalue weighted by Gasteiger charge is -2.26. The van der Waals surface area contributed by atoms with Crippen molar-refractivity contribution in [1.82, 2.24) is 4.90 Å². The monoisotopic (exact) mass is 198 g/mol. The van der Waals surface area contributed by atoms with Gasteiger partial charge in [0.25, 0.3) is 0 Å². The second kappa shape index (κ2) is 4.28. The predicted octanol–water partition coefficient (Wildman–Crippen LogP) is -0.0274. The van der Waals surface area contributed by atoms with E-state index in [1.165, 1.54) is 0 Å². The average molecular weight is 198 g/mol. The van der Waals surface area contributed by atoms with E-state index >= 15 is 0 Å². The molecule has 2 fully saturated rings. The minimum absolute atomic E-state index is 0.136. The fourth-order valence-corrected chi connectivity index (χ4v) is 2.19. The summed E-state index contributed by atoms with van der Waals surface area (Å²) in [6.45, 7) is 3.42. The highest BCUT2D eigenvalue weighted by Crippen LogP contribution is 2.19. The van der Waals surface area contributed by atoms with Crippen LogP contribution in [-0.2, 0) is 9.53 Å². The molecule has 80 valence electrons. The molecule has 4 nitrogen and oxygen atoms in total. The zero-order valence-electron chi connectivity index (χ0n) is 8.45. The third-order valence-electron chi connectivity index (χ3n) is 3.16. The summed E-state index contributed by atoms with van der Waals surface area (Å²) in [6.07, 6.45) is 2.99. The minimum Gasteiger partial charge on any atom is -0.381 e. The van der Waals surface area contributed by atoms with E-state index in [1.54, 1.807) is 0 Å². The molecule has 1 unspecified atom stereocenters. The first-order chi connectivity index (χ1) is 6.77. The van der Waals surface area contributed by atoms with Gasteiger partial charge in [0, 0.05) is 26.3 Å². The molecule has 14 heavy (non-hydrogen) atoms. The molecule has 0 bridgehead atoms. The highest BCUT2D eigenvalue weighted by molar-refractivity contribution is 5.83. The van der Waals surface area contributed by atoms with Gasteiger partial charge in [-0.05, 0) is 25.2 Å². The summed E-state index contributed by atoms with van der Waals surface area (Å²) in [6, 6.07) is -0.241. The molecule has 0 saturated carbocycles. The molecule has 1 atom stereocenters. The predicted molar refractivity (Wildman–Crippen MR) is 52.7 cm³/mol. The Morgan fingerprint density at radius 2 is 2.07 bits per heavy atom. The van der Waals surface area contributed by atoms with Crippen molar-refractivity contribution < 1.29 is 9.53 Å². The molecule has 0 aromatic rings. The maximum Gasteiger partial charge on any atom is 0.239 e. The lowest BCUT2D eigenvalue weighted by atomic mass is 10.00. The van der Waals surface area contributed by atoms with Crippen molar-refractivity contribution in [3.63, 3.8) is 0 Å². The van der Waals surface area contributed by atoms with Gasteiger partial charge in [-0.2, -0.15) is 0 Å². The Morgan fingerprint density at radius 1 is 1.36 bits per heavy atom. The Bertz CT molecular complexity index is 214. The number of carbonyl (C=O) groups is 1. The van der Waals surface area contributed by atoms with Crippen LogP contribution in [0.3, 0.4) is 0 Å². The maximum atomic E-state index is 11.5. The lowest BCUT2D eigenvalue weighted by Crippen LogP contribution is -2.38. The highest BCUT2D eigenvalue weighted by Gasteiger charge is 2.30. The van der Waals surface area contributed by atoms with Crippen molar-refractivity contribution in [2.75, 3.05) is 26.3 Å². The molecule has 0 aliphatic carbocycles. The molecule has 4 heteroatoms. The molecule has 0 spiro atoms. The Morgan fingerprint density at radius 3 is 2.64 bits per heavy atom. The standard InChI is InChI=1S/C10H18N2O2/c11-9-1-4-12(10(9)13)7-8-2-5-14-6-3-8/h8-9H,1-7,11H2. The lowest BCUT2D eigenvalue weighted by molar-refractivity contribution is -0.129. The molecule has 0 aromatic carbocycles. The first kappa shape index (κ1) is 9.93. The Hall–Kier alpha value is -0.610. The Labute approximate surface area is 84.4 Å². The zero-order chi connectivity index (χ0) is 9.97. The number of amides is 1. The topological polar surface area (TPSA) is 55.6 Å². The van der Waals surface area contributed by atoms with Gasteiger partial charge in [0.15, 0.2) is 0 Å². The first-order valence-corrected chi connectivity index (χ1v) is 5.39. The van der Waals surface area contributed by atoms with Gasteiger partial charge in [-0.1, -0.05) is 0 Å². The van der Waals surface area contributed by atoms with Gasteiger partial charge in [-0.3, -0.25) is 4.79 Å². The fraction of sp³-hybridized carbons (Fsp3) is 0.900. The second-order valence-electron chi connectivity index (χ2n) is 4.24. The largest absolute Gasteiger partial charge is 0.381 e. The molecule has 2 rings (SSSR count). The smallest absolute Gasteiger partial charge is 0.239 e. The number of rotatable bonds is 2. The van der Waals surface area contributed by atoms with Crippen LogP contribution in [0.1, 0.15) is 19.3 Å². The fourth-order valence-electron chi connectivity index (χ4n) is 2.19. The summed E-state index contributed by atoms with van der Waals surface area (Å²) in [5.41, 5.74) is 5.66. The molecular formula is C10H18N2O2. The van der Waals surface area contributed by atoms with E-state index in [-0.39, 0.29) is 11.9 Å². The van der Waals surface area contributed by atoms with Crippen molar-refractivity contribution >= 4 is 5.91 Å². The van der Waals surface area contributed by atoms with E-state index in [9.17, 15) is 4.79 Å². The number of nitrogens with two attached hydrogens (primary N) is 1. The van der Waals surface area contributed by atoms with E-state index < -0.39 is 0 Å². The second-order valence-corrected chi connectivity index (χ2v) is 4.24. The Kier molecular flexibility index (Phi) is 3.03. The van der Waals surface area contributed by atoms with Gasteiger partial charge in [0.2, 0.25) is 5.91 Å². The Balaban J connectivity index is 1.82. The molecule has 0 radical (unpaired) electrons. The molecule has 2 aliphatic rings. The average Bonchev–Trinajstić information content (AvgIpc) is 2.52. The molecule has 2 heterocycles. The van der Waals surface area contributed by atoms with Crippen molar-refractivity contribution in [2.45, 2.75) is 25.3 Å². The van der Waals surface area contributed by atoms with Crippen LogP contribution in [0.4, 0.5) is 0 Å². The summed E-state index contributed by atoms with van der Waals surface area (Å²) in [4.78, 5) is 13.5. The number of hydrogen-bond acceptors (Lipinski definition) is 3. The van der Waals surface area contributed by atoms with Crippen LogP contribution >= 0.6 is 0 Å². The minimum atomic E-state index is -0.241. The SMILES string of the molecule is NC1CCN(CC2CCOCC2)C1=O. The van der Waals surface area contributed by atoms with E-state index in [0.717, 1.165) is 45.6 Å². The number of ether oxygens (including phenoxy) is 1. The van der Waals surface area contributed by atoms with Crippen LogP contribution in [-0.4, -0.2) is 43.2 Å². The maximum absolute atomic E-state index is 11.5. The van der Waals surface area contributed by atoms with Crippen molar-refractivity contribution in [3.8, 4) is 0 Å². The van der Waals surface area contributed by atoms with Crippen LogP contribution in [0.5, 0.6) is 0 Å². The summed E-state index contributed by atoms with van der Waals surface area (Å²) < 4.78 is 5.28. The van der Waals surface area contributed by atoms with Crippen LogP contribution < -0.4 is 5.73 Å². The zero-order valence-corrected chi connectivity index (χ0v) is 8.45. The number of likely N-dealkylation sites (tertiary alicyclic amines) is 1. The molecule has 2 N–H and O–H groups in total. The van der Waals surface area contributed by atoms with Crippen LogP contribution in [0.15, 0.2) is 0 Å². The van der Waals surface area contributed by atoms with E-state index in [1.807, 2.05) is 4.90 Å². The normalized spacial score (nSPS) is 29.9. The van der Waals surface area contributed by atoms with Gasteiger partial charge in [0.05, 0.1) is 6.04 Å². The number of hydrogen-bond donors (Lipinski definition) is 1. The third kappa shape index (κ3) is 2.07. The molecule has 2 saturated heterocycles. The van der Waals surface area contributed by atoms with Gasteiger partial charge in [-0.15, -0.1) is 0 Å². The summed E-state index contributed by atoms with van der Waals surface area (Å²) in [7, 11) is 0. The van der Waals surface area contributed by atoms with E-state index in [2.05, 4.69) is 0 Å². The molecular weight excluding hydrogens is 180 g/mol. The van der Waals surface area contributed by atoms with Gasteiger partial charge < -0.3 is 15.4 Å². The van der Waals surface area contributed by atoms with E-state index in [4.69, 9.17) is 10.5 Å². The first-order valence-electron chi connectivity index (χ1n) is 5.39. The number of nitrogens with zero attached hydrogens (tertiary/aromatic N) is 1. The highest BCUT2D eigenvalue weighted by atomic mass is 16.5. The van der Waals surface area contributed by atoms with E-state index in [0.29, 0.717) is 5.92 Å². The van der Waals surface area contributed by atoms with Crippen LogP contribution in [0, 0.1) is 5.92 Å². The quantitative estimate of drug-likeness (QED) is 0.678. The van der Waals surface area contributed by atoms with Crippen molar-refractivity contribution in [2.24, 2.45) is 11.7 Å². The van der Waals surface area contributed by atoms with Gasteiger partial charge in [0.1, 0.15) is 0 Å². The van der Waals surface area contributed by atoms with Crippen molar-refractivity contribution in [1.29, 1.82) is 0 Å². The molecule has 0 aromatic heterocycles. The van der Waals surface area contributed by atoms with Gasteiger partial charge in [-0.25, -0.2) is 0 Å². The summed E-state index contributed by atoms with van der Waals surface area (Å²) in [5, 5.41) is 0. The van der Waals surface area contributed by atoms with Crippen molar-refractivity contribution in [3.05, 3.63) is 0 Å².